The number of nitrogen functional groups attached to an aromatic ring is 1. The predicted molar refractivity (Wildman–Crippen MR) is 76.7 cm³/mol. The minimum absolute atomic E-state index is 0.0813. The highest BCUT2D eigenvalue weighted by Gasteiger charge is 2.20. The maximum absolute atomic E-state index is 12.2. The zero-order chi connectivity index (χ0) is 14.0. The van der Waals surface area contributed by atoms with Gasteiger partial charge in [0.15, 0.2) is 0 Å². The van der Waals surface area contributed by atoms with Crippen LogP contribution in [0.1, 0.15) is 18.0 Å². The van der Waals surface area contributed by atoms with E-state index in [4.69, 9.17) is 17.3 Å². The Hall–Kier alpha value is -1.15. The lowest BCUT2D eigenvalue weighted by Crippen LogP contribution is -2.26. The zero-order valence-corrected chi connectivity index (χ0v) is 12.4. The molecule has 0 spiro atoms. The Balaban J connectivity index is 2.25. The molecule has 0 saturated carbocycles. The zero-order valence-electron chi connectivity index (χ0n) is 10.00. The van der Waals surface area contributed by atoms with Crippen molar-refractivity contribution in [2.24, 2.45) is 0 Å². The first kappa shape index (κ1) is 14.3. The van der Waals surface area contributed by atoms with E-state index in [9.17, 15) is 8.42 Å². The largest absolute Gasteiger partial charge is 0.397 e. The standard InChI is InChI=1S/C11H12ClN3O2S2/c1-7(11-14-4-5-18-11)15-19(16,17)8-2-3-9(12)10(13)6-8/h2-7,15H,13H2,1H3. The Morgan fingerprint density at radius 3 is 2.79 bits per heavy atom. The summed E-state index contributed by atoms with van der Waals surface area (Å²) in [6, 6.07) is 3.80. The van der Waals surface area contributed by atoms with Gasteiger partial charge in [0.25, 0.3) is 0 Å². The fraction of sp³-hybridized carbons (Fsp3) is 0.182. The van der Waals surface area contributed by atoms with Crippen LogP contribution in [-0.4, -0.2) is 13.4 Å². The van der Waals surface area contributed by atoms with Gasteiger partial charge in [-0.25, -0.2) is 18.1 Å². The maximum atomic E-state index is 12.2. The average Bonchev–Trinajstić information content (AvgIpc) is 2.85. The number of nitrogens with two attached hydrogens (primary N) is 1. The molecule has 8 heteroatoms. The van der Waals surface area contributed by atoms with Gasteiger partial charge in [-0.05, 0) is 25.1 Å². The summed E-state index contributed by atoms with van der Waals surface area (Å²) in [5.74, 6) is 0. The number of halogens is 1. The van der Waals surface area contributed by atoms with Crippen LogP contribution in [0.25, 0.3) is 0 Å². The first-order valence-electron chi connectivity index (χ1n) is 5.37. The van der Waals surface area contributed by atoms with Gasteiger partial charge in [0.05, 0.1) is 21.6 Å². The van der Waals surface area contributed by atoms with Crippen LogP contribution in [0.5, 0.6) is 0 Å². The molecule has 2 rings (SSSR count). The fourth-order valence-electron chi connectivity index (χ4n) is 1.49. The molecule has 0 aliphatic heterocycles. The number of hydrogen-bond acceptors (Lipinski definition) is 5. The van der Waals surface area contributed by atoms with Crippen molar-refractivity contribution < 1.29 is 8.42 Å². The number of benzene rings is 1. The van der Waals surface area contributed by atoms with Gasteiger partial charge in [0, 0.05) is 11.6 Å². The molecule has 0 amide bonds. The van der Waals surface area contributed by atoms with Gasteiger partial charge in [-0.3, -0.25) is 0 Å². The second-order valence-electron chi connectivity index (χ2n) is 3.90. The molecule has 1 aromatic carbocycles. The predicted octanol–water partition coefficient (Wildman–Crippen LogP) is 2.42. The number of aromatic nitrogens is 1. The number of thiazole rings is 1. The van der Waals surface area contributed by atoms with Gasteiger partial charge in [-0.2, -0.15) is 0 Å². The quantitative estimate of drug-likeness (QED) is 0.848. The van der Waals surface area contributed by atoms with E-state index >= 15 is 0 Å². The van der Waals surface area contributed by atoms with Crippen LogP contribution in [0.3, 0.4) is 0 Å². The monoisotopic (exact) mass is 317 g/mol. The minimum Gasteiger partial charge on any atom is -0.397 e. The molecular formula is C11H12ClN3O2S2. The summed E-state index contributed by atoms with van der Waals surface area (Å²) in [5.41, 5.74) is 5.84. The summed E-state index contributed by atoms with van der Waals surface area (Å²) in [5, 5.41) is 2.82. The smallest absolute Gasteiger partial charge is 0.241 e. The lowest BCUT2D eigenvalue weighted by Gasteiger charge is -2.12. The average molecular weight is 318 g/mol. The SMILES string of the molecule is CC(NS(=O)(=O)c1ccc(Cl)c(N)c1)c1nccs1. The summed E-state index contributed by atoms with van der Waals surface area (Å²) in [7, 11) is -3.65. The van der Waals surface area contributed by atoms with Crippen LogP contribution in [-0.2, 0) is 10.0 Å². The van der Waals surface area contributed by atoms with E-state index < -0.39 is 16.1 Å². The van der Waals surface area contributed by atoms with Gasteiger partial charge < -0.3 is 5.73 Å². The van der Waals surface area contributed by atoms with Gasteiger partial charge in [-0.1, -0.05) is 11.6 Å². The molecule has 0 fully saturated rings. The Bertz CT molecular complexity index is 671. The Morgan fingerprint density at radius 1 is 1.47 bits per heavy atom. The topological polar surface area (TPSA) is 85.1 Å². The number of hydrogen-bond donors (Lipinski definition) is 2. The summed E-state index contributed by atoms with van der Waals surface area (Å²) in [6.45, 7) is 1.73. The van der Waals surface area contributed by atoms with Gasteiger partial charge in [0.1, 0.15) is 5.01 Å². The summed E-state index contributed by atoms with van der Waals surface area (Å²) < 4.78 is 26.9. The van der Waals surface area contributed by atoms with Crippen molar-refractivity contribution in [1.82, 2.24) is 9.71 Å². The molecular weight excluding hydrogens is 306 g/mol. The minimum atomic E-state index is -3.65. The number of anilines is 1. The van der Waals surface area contributed by atoms with Crippen LogP contribution in [0.4, 0.5) is 5.69 Å². The molecule has 1 unspecified atom stereocenters. The van der Waals surface area contributed by atoms with Crippen molar-refractivity contribution in [3.63, 3.8) is 0 Å². The van der Waals surface area contributed by atoms with Crippen LogP contribution in [0, 0.1) is 0 Å². The van der Waals surface area contributed by atoms with Crippen LogP contribution < -0.4 is 10.5 Å². The highest BCUT2D eigenvalue weighted by Crippen LogP contribution is 2.24. The lowest BCUT2D eigenvalue weighted by atomic mass is 10.3. The second kappa shape index (κ2) is 5.46. The Labute approximate surface area is 120 Å². The van der Waals surface area contributed by atoms with Gasteiger partial charge in [0.2, 0.25) is 10.0 Å². The number of sulfonamides is 1. The van der Waals surface area contributed by atoms with E-state index in [0.29, 0.717) is 10.0 Å². The maximum Gasteiger partial charge on any atom is 0.241 e. The second-order valence-corrected chi connectivity index (χ2v) is 6.94. The highest BCUT2D eigenvalue weighted by molar-refractivity contribution is 7.89. The molecule has 102 valence electrons. The number of nitrogens with zero attached hydrogens (tertiary/aromatic N) is 1. The van der Waals surface area contributed by atoms with E-state index in [1.165, 1.54) is 29.5 Å². The molecule has 3 N–H and O–H groups in total. The van der Waals surface area contributed by atoms with Crippen molar-refractivity contribution in [2.75, 3.05) is 5.73 Å². The van der Waals surface area contributed by atoms with E-state index in [0.717, 1.165) is 0 Å². The number of rotatable bonds is 4. The number of nitrogens with one attached hydrogen (secondary N) is 1. The highest BCUT2D eigenvalue weighted by atomic mass is 35.5. The molecule has 0 aliphatic carbocycles. The third kappa shape index (κ3) is 3.24. The lowest BCUT2D eigenvalue weighted by molar-refractivity contribution is 0.566. The van der Waals surface area contributed by atoms with E-state index in [-0.39, 0.29) is 10.6 Å². The van der Waals surface area contributed by atoms with Gasteiger partial charge in [-0.15, -0.1) is 11.3 Å². The van der Waals surface area contributed by atoms with Crippen molar-refractivity contribution >= 4 is 38.6 Å². The Kier molecular flexibility index (Phi) is 4.10. The first-order valence-corrected chi connectivity index (χ1v) is 8.11. The van der Waals surface area contributed by atoms with Crippen molar-refractivity contribution in [2.45, 2.75) is 17.9 Å². The van der Waals surface area contributed by atoms with E-state index in [1.54, 1.807) is 18.5 Å². The van der Waals surface area contributed by atoms with Crippen molar-refractivity contribution in [3.8, 4) is 0 Å². The Morgan fingerprint density at radius 2 is 2.21 bits per heavy atom. The van der Waals surface area contributed by atoms with E-state index in [2.05, 4.69) is 9.71 Å². The molecule has 0 aliphatic rings. The van der Waals surface area contributed by atoms with Crippen LogP contribution in [0.15, 0.2) is 34.7 Å². The molecule has 0 saturated heterocycles. The van der Waals surface area contributed by atoms with E-state index in [1.807, 2.05) is 0 Å². The summed E-state index contributed by atoms with van der Waals surface area (Å²) in [6.07, 6.45) is 1.63. The van der Waals surface area contributed by atoms with Gasteiger partial charge >= 0.3 is 0 Å². The van der Waals surface area contributed by atoms with Crippen molar-refractivity contribution in [1.29, 1.82) is 0 Å². The molecule has 19 heavy (non-hydrogen) atoms. The van der Waals surface area contributed by atoms with Crippen molar-refractivity contribution in [3.05, 3.63) is 39.8 Å². The fourth-order valence-corrected chi connectivity index (χ4v) is 3.57. The molecule has 1 aromatic heterocycles. The molecule has 2 aromatic rings. The molecule has 0 radical (unpaired) electrons. The third-order valence-electron chi connectivity index (χ3n) is 2.43. The van der Waals surface area contributed by atoms with Crippen LogP contribution >= 0.6 is 22.9 Å². The summed E-state index contributed by atoms with van der Waals surface area (Å²) in [4.78, 5) is 4.15. The molecule has 0 bridgehead atoms. The molecule has 5 nitrogen and oxygen atoms in total. The summed E-state index contributed by atoms with van der Waals surface area (Å²) >= 11 is 7.16. The first-order chi connectivity index (χ1) is 8.90. The van der Waals surface area contributed by atoms with Crippen LogP contribution in [0.2, 0.25) is 5.02 Å². The third-order valence-corrected chi connectivity index (χ3v) is 5.27. The molecule has 1 heterocycles. The normalized spacial score (nSPS) is 13.4. The molecule has 1 atom stereocenters.